The molecule has 2 heterocycles. The van der Waals surface area contributed by atoms with Gasteiger partial charge in [0.05, 0.1) is 5.69 Å². The topological polar surface area (TPSA) is 49.5 Å². The van der Waals surface area contributed by atoms with Gasteiger partial charge in [-0.3, -0.25) is 4.90 Å². The molecule has 2 aromatic rings. The molecule has 0 bridgehead atoms. The Morgan fingerprint density at radius 3 is 2.86 bits per heavy atom. The third-order valence-corrected chi connectivity index (χ3v) is 4.21. The Hall–Kier alpha value is -1.62. The number of halogens is 1. The minimum absolute atomic E-state index is 0.104. The van der Waals surface area contributed by atoms with Gasteiger partial charge in [0, 0.05) is 30.7 Å². The van der Waals surface area contributed by atoms with Crippen molar-refractivity contribution in [3.63, 3.8) is 0 Å². The molecule has 0 saturated heterocycles. The molecule has 5 heteroatoms. The molecule has 0 unspecified atom stereocenters. The first kappa shape index (κ1) is 15.3. The van der Waals surface area contributed by atoms with E-state index in [4.69, 9.17) is 21.2 Å². The van der Waals surface area contributed by atoms with Crippen molar-refractivity contribution >= 4 is 17.2 Å². The summed E-state index contributed by atoms with van der Waals surface area (Å²) in [6.07, 6.45) is 3.28. The van der Waals surface area contributed by atoms with E-state index < -0.39 is 0 Å². The molecule has 1 aromatic heterocycles. The van der Waals surface area contributed by atoms with Crippen molar-refractivity contribution in [3.8, 4) is 0 Å². The number of rotatable bonds is 4. The smallest absolute Gasteiger partial charge is 0.162 e. The van der Waals surface area contributed by atoms with Crippen LogP contribution in [0.15, 0.2) is 34.9 Å². The molecule has 1 aliphatic rings. The van der Waals surface area contributed by atoms with Crippen LogP contribution in [0, 0.1) is 6.92 Å². The van der Waals surface area contributed by atoms with E-state index >= 15 is 0 Å². The summed E-state index contributed by atoms with van der Waals surface area (Å²) in [6, 6.07) is 7.87. The van der Waals surface area contributed by atoms with Gasteiger partial charge in [-0.05, 0) is 42.2 Å². The summed E-state index contributed by atoms with van der Waals surface area (Å²) in [5.74, 6) is 0.514. The molecule has 0 radical (unpaired) electrons. The molecule has 4 nitrogen and oxygen atoms in total. The van der Waals surface area contributed by atoms with Crippen molar-refractivity contribution in [2.45, 2.75) is 26.5 Å². The quantitative estimate of drug-likeness (QED) is 0.938. The van der Waals surface area contributed by atoms with Crippen LogP contribution >= 0.6 is 11.6 Å². The van der Waals surface area contributed by atoms with Gasteiger partial charge in [-0.2, -0.15) is 0 Å². The van der Waals surface area contributed by atoms with Crippen molar-refractivity contribution < 1.29 is 9.63 Å². The van der Waals surface area contributed by atoms with E-state index in [0.29, 0.717) is 5.76 Å². The molecule has 1 aliphatic heterocycles. The molecule has 1 aromatic carbocycles. The van der Waals surface area contributed by atoms with Crippen molar-refractivity contribution in [2.75, 3.05) is 13.1 Å². The molecule has 3 rings (SSSR count). The summed E-state index contributed by atoms with van der Waals surface area (Å²) in [7, 11) is 0. The zero-order chi connectivity index (χ0) is 15.5. The van der Waals surface area contributed by atoms with Gasteiger partial charge < -0.3 is 9.63 Å². The lowest BCUT2D eigenvalue weighted by atomic mass is 9.95. The maximum absolute atomic E-state index is 9.00. The van der Waals surface area contributed by atoms with Crippen LogP contribution in [-0.2, 0) is 13.2 Å². The second-order valence-electron chi connectivity index (χ2n) is 5.62. The van der Waals surface area contributed by atoms with Crippen LogP contribution < -0.4 is 0 Å². The number of hydrogen-bond acceptors (Lipinski definition) is 4. The van der Waals surface area contributed by atoms with Crippen LogP contribution in [0.5, 0.6) is 0 Å². The highest BCUT2D eigenvalue weighted by Gasteiger charge is 2.16. The van der Waals surface area contributed by atoms with E-state index in [1.165, 1.54) is 16.7 Å². The minimum atomic E-state index is -0.104. The van der Waals surface area contributed by atoms with Crippen molar-refractivity contribution in [1.29, 1.82) is 0 Å². The van der Waals surface area contributed by atoms with Crippen molar-refractivity contribution in [3.05, 3.63) is 57.9 Å². The van der Waals surface area contributed by atoms with E-state index in [2.05, 4.69) is 29.1 Å². The molecule has 116 valence electrons. The highest BCUT2D eigenvalue weighted by atomic mass is 35.5. The maximum atomic E-state index is 9.00. The van der Waals surface area contributed by atoms with Gasteiger partial charge in [0.25, 0.3) is 0 Å². The second-order valence-corrected chi connectivity index (χ2v) is 6.05. The monoisotopic (exact) mass is 318 g/mol. The average molecular weight is 319 g/mol. The van der Waals surface area contributed by atoms with Gasteiger partial charge in [0.2, 0.25) is 0 Å². The number of aliphatic hydroxyl groups is 1. The number of nitrogens with zero attached hydrogens (tertiary/aromatic N) is 2. The van der Waals surface area contributed by atoms with Crippen LogP contribution in [0.2, 0.25) is 5.02 Å². The van der Waals surface area contributed by atoms with Gasteiger partial charge in [0.15, 0.2) is 5.76 Å². The molecular weight excluding hydrogens is 300 g/mol. The third kappa shape index (κ3) is 3.40. The molecule has 22 heavy (non-hydrogen) atoms. The Bertz CT molecular complexity index is 694. The minimum Gasteiger partial charge on any atom is -0.388 e. The normalized spacial score (nSPS) is 15.9. The maximum Gasteiger partial charge on any atom is 0.162 e. The third-order valence-electron chi connectivity index (χ3n) is 3.98. The molecular formula is C17H19ClN2O2. The summed E-state index contributed by atoms with van der Waals surface area (Å²) >= 11 is 6.02. The summed E-state index contributed by atoms with van der Waals surface area (Å²) < 4.78 is 5.02. The summed E-state index contributed by atoms with van der Waals surface area (Å²) in [5.41, 5.74) is 4.74. The molecule has 0 spiro atoms. The SMILES string of the molecule is Cc1cc(Cl)ccc1C1=CCN(Cc2cc(CO)on2)CC1. The van der Waals surface area contributed by atoms with Gasteiger partial charge in [0.1, 0.15) is 6.61 Å². The number of aromatic nitrogens is 1. The lowest BCUT2D eigenvalue weighted by Gasteiger charge is -2.26. The molecule has 0 atom stereocenters. The van der Waals surface area contributed by atoms with Crippen molar-refractivity contribution in [1.82, 2.24) is 10.1 Å². The molecule has 0 aliphatic carbocycles. The van der Waals surface area contributed by atoms with E-state index in [0.717, 1.165) is 36.8 Å². The summed E-state index contributed by atoms with van der Waals surface area (Å²) in [4.78, 5) is 2.31. The van der Waals surface area contributed by atoms with Crippen LogP contribution in [0.3, 0.4) is 0 Å². The standard InChI is InChI=1S/C17H19ClN2O2/c1-12-8-14(18)2-3-17(12)13-4-6-20(7-5-13)10-15-9-16(11-21)22-19-15/h2-4,8-9,21H,5-7,10-11H2,1H3. The van der Waals surface area contributed by atoms with E-state index in [9.17, 15) is 0 Å². The van der Waals surface area contributed by atoms with Gasteiger partial charge >= 0.3 is 0 Å². The Morgan fingerprint density at radius 2 is 2.23 bits per heavy atom. The fourth-order valence-corrected chi connectivity index (χ4v) is 3.05. The Kier molecular flexibility index (Phi) is 4.62. The Balaban J connectivity index is 1.66. The molecule has 0 amide bonds. The van der Waals surface area contributed by atoms with Gasteiger partial charge in [-0.15, -0.1) is 0 Å². The lowest BCUT2D eigenvalue weighted by molar-refractivity contribution is 0.226. The number of hydrogen-bond donors (Lipinski definition) is 1. The first-order valence-corrected chi connectivity index (χ1v) is 7.77. The first-order valence-electron chi connectivity index (χ1n) is 7.39. The van der Waals surface area contributed by atoms with Crippen LogP contribution in [0.4, 0.5) is 0 Å². The van der Waals surface area contributed by atoms with Crippen LogP contribution in [0.1, 0.15) is 29.0 Å². The van der Waals surface area contributed by atoms with E-state index in [-0.39, 0.29) is 6.61 Å². The highest BCUT2D eigenvalue weighted by Crippen LogP contribution is 2.27. The second kappa shape index (κ2) is 6.65. The van der Waals surface area contributed by atoms with Crippen LogP contribution in [-0.4, -0.2) is 28.3 Å². The molecule has 0 fully saturated rings. The Morgan fingerprint density at radius 1 is 1.36 bits per heavy atom. The number of aliphatic hydroxyl groups excluding tert-OH is 1. The average Bonchev–Trinajstić information content (AvgIpc) is 2.96. The summed E-state index contributed by atoms with van der Waals surface area (Å²) in [6.45, 7) is 4.61. The number of aryl methyl sites for hydroxylation is 1. The molecule has 1 N–H and O–H groups in total. The first-order chi connectivity index (χ1) is 10.7. The predicted molar refractivity (Wildman–Crippen MR) is 86.5 cm³/mol. The predicted octanol–water partition coefficient (Wildman–Crippen LogP) is 3.42. The fourth-order valence-electron chi connectivity index (χ4n) is 2.82. The zero-order valence-corrected chi connectivity index (χ0v) is 13.3. The fraction of sp³-hybridized carbons (Fsp3) is 0.353. The number of benzene rings is 1. The largest absolute Gasteiger partial charge is 0.388 e. The van der Waals surface area contributed by atoms with Crippen molar-refractivity contribution in [2.24, 2.45) is 0 Å². The van der Waals surface area contributed by atoms with Crippen LogP contribution in [0.25, 0.3) is 5.57 Å². The zero-order valence-electron chi connectivity index (χ0n) is 12.6. The van der Waals surface area contributed by atoms with E-state index in [1.54, 1.807) is 0 Å². The van der Waals surface area contributed by atoms with Gasteiger partial charge in [-0.25, -0.2) is 0 Å². The summed E-state index contributed by atoms with van der Waals surface area (Å²) in [5, 5.41) is 13.7. The van der Waals surface area contributed by atoms with Gasteiger partial charge in [-0.1, -0.05) is 28.9 Å². The molecule has 0 saturated carbocycles. The van der Waals surface area contributed by atoms with E-state index in [1.807, 2.05) is 18.2 Å². The Labute approximate surface area is 135 Å². The highest BCUT2D eigenvalue weighted by molar-refractivity contribution is 6.30. The lowest BCUT2D eigenvalue weighted by Crippen LogP contribution is -2.28.